The molecule has 0 heterocycles. The van der Waals surface area contributed by atoms with Crippen molar-refractivity contribution in [3.05, 3.63) is 0 Å². The molecule has 0 rings (SSSR count). The number of primary amides is 1. The van der Waals surface area contributed by atoms with Crippen LogP contribution in [0.4, 0.5) is 4.79 Å². The third-order valence-corrected chi connectivity index (χ3v) is 2.81. The lowest BCUT2D eigenvalue weighted by Gasteiger charge is -2.04. The van der Waals surface area contributed by atoms with Crippen molar-refractivity contribution in [2.24, 2.45) is 5.73 Å². The topological polar surface area (TPSA) is 101 Å². The molecule has 0 radical (unpaired) electrons. The average Bonchev–Trinajstić information content (AvgIpc) is 1.98. The smallest absolute Gasteiger partial charge is 0.312 e. The van der Waals surface area contributed by atoms with Gasteiger partial charge in [-0.1, -0.05) is 6.92 Å². The Labute approximate surface area is 77.9 Å². The molecule has 13 heavy (non-hydrogen) atoms. The third kappa shape index (κ3) is 7.54. The number of rotatable bonds is 6. The van der Waals surface area contributed by atoms with E-state index in [1.807, 2.05) is 0 Å². The zero-order valence-electron chi connectivity index (χ0n) is 7.54. The van der Waals surface area contributed by atoms with E-state index in [0.717, 1.165) is 0 Å². The van der Waals surface area contributed by atoms with E-state index in [1.165, 1.54) is 0 Å². The molecule has 0 saturated carbocycles. The van der Waals surface area contributed by atoms with E-state index in [-0.39, 0.29) is 18.8 Å². The second kappa shape index (κ2) is 5.76. The summed E-state index contributed by atoms with van der Waals surface area (Å²) in [6, 6.07) is -0.658. The van der Waals surface area contributed by atoms with Crippen LogP contribution in [0.15, 0.2) is 0 Å². The maximum absolute atomic E-state index is 11.0. The van der Waals surface area contributed by atoms with Crippen molar-refractivity contribution in [3.63, 3.8) is 0 Å². The average molecular weight is 209 g/mol. The Hall–Kier alpha value is -0.820. The molecule has 0 saturated heterocycles. The van der Waals surface area contributed by atoms with Crippen molar-refractivity contribution in [2.45, 2.75) is 13.3 Å². The summed E-state index contributed by atoms with van der Waals surface area (Å²) >= 11 is 0. The summed E-state index contributed by atoms with van der Waals surface area (Å²) in [5.74, 6) is 0.101. The van der Waals surface area contributed by atoms with Crippen LogP contribution in [0.5, 0.6) is 0 Å². The molecule has 6 nitrogen and oxygen atoms in total. The highest BCUT2D eigenvalue weighted by Crippen LogP contribution is 1.86. The molecule has 0 fully saturated rings. The number of hydrogen-bond donors (Lipinski definition) is 3. The van der Waals surface area contributed by atoms with Crippen LogP contribution in [0, 0.1) is 0 Å². The van der Waals surface area contributed by atoms with E-state index in [4.69, 9.17) is 5.73 Å². The highest BCUT2D eigenvalue weighted by Gasteiger charge is 2.06. The number of carbonyl (C=O) groups is 1. The lowest BCUT2D eigenvalue weighted by molar-refractivity contribution is 0.249. The van der Waals surface area contributed by atoms with E-state index < -0.39 is 16.1 Å². The first kappa shape index (κ1) is 12.2. The van der Waals surface area contributed by atoms with Gasteiger partial charge in [0.1, 0.15) is 0 Å². The predicted octanol–water partition coefficient (Wildman–Crippen LogP) is -1.02. The second-order valence-electron chi connectivity index (χ2n) is 2.50. The largest absolute Gasteiger partial charge is 0.352 e. The molecule has 0 aliphatic rings. The Morgan fingerprint density at radius 2 is 2.00 bits per heavy atom. The van der Waals surface area contributed by atoms with Crippen molar-refractivity contribution >= 4 is 16.1 Å². The van der Waals surface area contributed by atoms with Crippen molar-refractivity contribution in [1.29, 1.82) is 0 Å². The van der Waals surface area contributed by atoms with Crippen molar-refractivity contribution in [3.8, 4) is 0 Å². The van der Waals surface area contributed by atoms with Crippen LogP contribution >= 0.6 is 0 Å². The van der Waals surface area contributed by atoms with Crippen LogP contribution < -0.4 is 15.8 Å². The number of carbonyl (C=O) groups excluding carboxylic acids is 1. The van der Waals surface area contributed by atoms with Crippen LogP contribution in [-0.4, -0.2) is 33.3 Å². The van der Waals surface area contributed by atoms with Gasteiger partial charge in [0.25, 0.3) is 0 Å². The van der Waals surface area contributed by atoms with Gasteiger partial charge in [0.2, 0.25) is 10.0 Å². The quantitative estimate of drug-likeness (QED) is 0.488. The molecule has 0 aliphatic carbocycles. The second-order valence-corrected chi connectivity index (χ2v) is 4.43. The van der Waals surface area contributed by atoms with Crippen LogP contribution in [0.3, 0.4) is 0 Å². The van der Waals surface area contributed by atoms with Gasteiger partial charge in [-0.25, -0.2) is 17.9 Å². The maximum Gasteiger partial charge on any atom is 0.312 e. The fourth-order valence-corrected chi connectivity index (χ4v) is 1.83. The highest BCUT2D eigenvalue weighted by atomic mass is 32.2. The molecule has 2 amide bonds. The van der Waals surface area contributed by atoms with E-state index >= 15 is 0 Å². The fourth-order valence-electron chi connectivity index (χ4n) is 0.733. The lowest BCUT2D eigenvalue weighted by Crippen LogP contribution is -2.37. The normalized spacial score (nSPS) is 11.2. The standard InChI is InChI=1S/C6H15N3O3S/c1-2-5-13(11,12)9-4-3-8-6(7)10/h9H,2-5H2,1H3,(H3,7,8,10). The lowest BCUT2D eigenvalue weighted by atomic mass is 10.6. The molecular weight excluding hydrogens is 194 g/mol. The van der Waals surface area contributed by atoms with Gasteiger partial charge in [0.15, 0.2) is 0 Å². The molecule has 0 aromatic rings. The molecule has 0 aromatic carbocycles. The van der Waals surface area contributed by atoms with Crippen LogP contribution in [0.25, 0.3) is 0 Å². The van der Waals surface area contributed by atoms with Gasteiger partial charge in [0.05, 0.1) is 5.75 Å². The van der Waals surface area contributed by atoms with Crippen LogP contribution in [0.1, 0.15) is 13.3 Å². The Morgan fingerprint density at radius 1 is 1.38 bits per heavy atom. The number of amides is 2. The molecule has 0 bridgehead atoms. The molecule has 0 atom stereocenters. The first-order valence-corrected chi connectivity index (χ1v) is 5.64. The van der Waals surface area contributed by atoms with Gasteiger partial charge < -0.3 is 11.1 Å². The summed E-state index contributed by atoms with van der Waals surface area (Å²) in [6.07, 6.45) is 0.568. The minimum Gasteiger partial charge on any atom is -0.352 e. The Bertz CT molecular complexity index is 250. The van der Waals surface area contributed by atoms with Gasteiger partial charge in [-0.3, -0.25) is 0 Å². The minimum atomic E-state index is -3.17. The van der Waals surface area contributed by atoms with E-state index in [2.05, 4.69) is 10.0 Å². The summed E-state index contributed by atoms with van der Waals surface area (Å²) < 4.78 is 24.4. The zero-order valence-corrected chi connectivity index (χ0v) is 8.36. The molecule has 7 heteroatoms. The monoisotopic (exact) mass is 209 g/mol. The molecule has 0 aliphatic heterocycles. The third-order valence-electron chi connectivity index (χ3n) is 1.22. The fraction of sp³-hybridized carbons (Fsp3) is 0.833. The van der Waals surface area contributed by atoms with E-state index in [1.54, 1.807) is 6.92 Å². The molecule has 0 aromatic heterocycles. The Kier molecular flexibility index (Phi) is 5.40. The number of nitrogens with two attached hydrogens (primary N) is 1. The van der Waals surface area contributed by atoms with Gasteiger partial charge in [-0.2, -0.15) is 0 Å². The Morgan fingerprint density at radius 3 is 2.46 bits per heavy atom. The first-order valence-electron chi connectivity index (χ1n) is 3.98. The van der Waals surface area contributed by atoms with E-state index in [0.29, 0.717) is 6.42 Å². The zero-order chi connectivity index (χ0) is 10.3. The summed E-state index contributed by atoms with van der Waals surface area (Å²) in [4.78, 5) is 10.2. The van der Waals surface area contributed by atoms with Gasteiger partial charge in [-0.15, -0.1) is 0 Å². The van der Waals surface area contributed by atoms with Crippen molar-refractivity contribution in [1.82, 2.24) is 10.0 Å². The number of urea groups is 1. The number of sulfonamides is 1. The van der Waals surface area contributed by atoms with E-state index in [9.17, 15) is 13.2 Å². The van der Waals surface area contributed by atoms with Crippen molar-refractivity contribution < 1.29 is 13.2 Å². The summed E-state index contributed by atoms with van der Waals surface area (Å²) in [7, 11) is -3.17. The first-order chi connectivity index (χ1) is 5.98. The Balaban J connectivity index is 3.58. The van der Waals surface area contributed by atoms with Crippen molar-refractivity contribution in [2.75, 3.05) is 18.8 Å². The number of nitrogens with one attached hydrogen (secondary N) is 2. The van der Waals surface area contributed by atoms with Gasteiger partial charge >= 0.3 is 6.03 Å². The summed E-state index contributed by atoms with van der Waals surface area (Å²) in [6.45, 7) is 2.16. The molecule has 0 spiro atoms. The number of hydrogen-bond acceptors (Lipinski definition) is 3. The summed E-state index contributed by atoms with van der Waals surface area (Å²) in [5.41, 5.74) is 4.77. The van der Waals surface area contributed by atoms with Crippen LogP contribution in [0.2, 0.25) is 0 Å². The highest BCUT2D eigenvalue weighted by molar-refractivity contribution is 7.89. The van der Waals surface area contributed by atoms with Gasteiger partial charge in [0, 0.05) is 13.1 Å². The SMILES string of the molecule is CCCS(=O)(=O)NCCNC(N)=O. The van der Waals surface area contributed by atoms with Crippen LogP contribution in [-0.2, 0) is 10.0 Å². The summed E-state index contributed by atoms with van der Waals surface area (Å²) in [5, 5.41) is 2.27. The van der Waals surface area contributed by atoms with Gasteiger partial charge in [-0.05, 0) is 6.42 Å². The molecule has 4 N–H and O–H groups in total. The molecular formula is C6H15N3O3S. The predicted molar refractivity (Wildman–Crippen MR) is 49.7 cm³/mol. The maximum atomic E-state index is 11.0. The molecule has 0 unspecified atom stereocenters. The minimum absolute atomic E-state index is 0.101. The molecule has 78 valence electrons.